The Morgan fingerprint density at radius 3 is 2.39 bits per heavy atom. The van der Waals surface area contributed by atoms with Crippen LogP contribution in [0.15, 0.2) is 29.2 Å². The van der Waals surface area contributed by atoms with E-state index in [0.29, 0.717) is 12.8 Å². The zero-order valence-corrected chi connectivity index (χ0v) is 10.5. The number of hydrogen-bond acceptors (Lipinski definition) is 4. The first-order valence-electron chi connectivity index (χ1n) is 5.55. The Morgan fingerprint density at radius 2 is 1.89 bits per heavy atom. The lowest BCUT2D eigenvalue weighted by Gasteiger charge is -2.36. The van der Waals surface area contributed by atoms with E-state index < -0.39 is 15.6 Å². The highest BCUT2D eigenvalue weighted by Gasteiger charge is 2.40. The minimum Gasteiger partial charge on any atom is -0.323 e. The number of sulfonamides is 1. The second-order valence-corrected chi connectivity index (χ2v) is 6.03. The van der Waals surface area contributed by atoms with Crippen molar-refractivity contribution in [2.24, 2.45) is 10.9 Å². The number of hydrogen-bond donors (Lipinski definition) is 3. The maximum atomic E-state index is 11.9. The van der Waals surface area contributed by atoms with E-state index in [0.717, 1.165) is 6.42 Å². The molecular weight excluding hydrogens is 254 g/mol. The highest BCUT2D eigenvalue weighted by atomic mass is 32.2. The highest BCUT2D eigenvalue weighted by molar-refractivity contribution is 7.89. The van der Waals surface area contributed by atoms with E-state index >= 15 is 0 Å². The van der Waals surface area contributed by atoms with Gasteiger partial charge >= 0.3 is 0 Å². The summed E-state index contributed by atoms with van der Waals surface area (Å²) in [5.74, 6) is -0.371. The summed E-state index contributed by atoms with van der Waals surface area (Å²) in [6.45, 7) is 0. The quantitative estimate of drug-likeness (QED) is 0.724. The van der Waals surface area contributed by atoms with Gasteiger partial charge in [0.25, 0.3) is 0 Å². The third kappa shape index (κ3) is 2.38. The Labute approximate surface area is 105 Å². The Morgan fingerprint density at radius 1 is 1.28 bits per heavy atom. The number of para-hydroxylation sites is 1. The van der Waals surface area contributed by atoms with Crippen molar-refractivity contribution < 1.29 is 13.2 Å². The molecule has 1 saturated carbocycles. The number of nitrogens with two attached hydrogens (primary N) is 2. The number of carbonyl (C=O) groups excluding carboxylic acids is 1. The molecule has 0 radical (unpaired) electrons. The molecule has 0 saturated heterocycles. The number of rotatable bonds is 3. The van der Waals surface area contributed by atoms with Crippen molar-refractivity contribution in [1.82, 2.24) is 0 Å². The average molecular weight is 269 g/mol. The summed E-state index contributed by atoms with van der Waals surface area (Å²) in [5.41, 5.74) is 5.15. The Bertz CT molecular complexity index is 579. The molecule has 1 fully saturated rings. The molecule has 0 bridgehead atoms. The summed E-state index contributed by atoms with van der Waals surface area (Å²) in [5, 5.41) is 7.61. The van der Waals surface area contributed by atoms with Crippen LogP contribution in [0.2, 0.25) is 0 Å². The Kier molecular flexibility index (Phi) is 3.14. The summed E-state index contributed by atoms with van der Waals surface area (Å²) < 4.78 is 22.7. The van der Waals surface area contributed by atoms with Gasteiger partial charge in [0.15, 0.2) is 0 Å². The molecule has 5 N–H and O–H groups in total. The molecule has 18 heavy (non-hydrogen) atoms. The molecule has 98 valence electrons. The molecule has 1 aromatic carbocycles. The van der Waals surface area contributed by atoms with Crippen molar-refractivity contribution in [1.29, 1.82) is 0 Å². The monoisotopic (exact) mass is 269 g/mol. The minimum absolute atomic E-state index is 0.110. The van der Waals surface area contributed by atoms with Crippen LogP contribution >= 0.6 is 0 Å². The summed E-state index contributed by atoms with van der Waals surface area (Å²) >= 11 is 0. The van der Waals surface area contributed by atoms with Crippen molar-refractivity contribution >= 4 is 21.6 Å². The van der Waals surface area contributed by atoms with Crippen LogP contribution in [-0.2, 0) is 14.8 Å². The van der Waals surface area contributed by atoms with Gasteiger partial charge in [-0.05, 0) is 31.4 Å². The fourth-order valence-corrected chi connectivity index (χ4v) is 2.54. The van der Waals surface area contributed by atoms with E-state index in [1.165, 1.54) is 18.2 Å². The van der Waals surface area contributed by atoms with E-state index in [9.17, 15) is 13.2 Å². The molecule has 0 heterocycles. The first kappa shape index (κ1) is 13.0. The van der Waals surface area contributed by atoms with E-state index in [1.54, 1.807) is 6.07 Å². The number of anilines is 1. The summed E-state index contributed by atoms with van der Waals surface area (Å²) in [6, 6.07) is 5.99. The first-order chi connectivity index (χ1) is 8.33. The molecule has 1 amide bonds. The van der Waals surface area contributed by atoms with Gasteiger partial charge in [0, 0.05) is 0 Å². The van der Waals surface area contributed by atoms with E-state index in [4.69, 9.17) is 10.9 Å². The van der Waals surface area contributed by atoms with Crippen LogP contribution in [0.4, 0.5) is 5.69 Å². The number of primary sulfonamides is 1. The number of amides is 1. The smallest absolute Gasteiger partial charge is 0.244 e. The maximum Gasteiger partial charge on any atom is 0.244 e. The van der Waals surface area contributed by atoms with Crippen LogP contribution in [0.5, 0.6) is 0 Å². The SMILES string of the molecule is NC1(C(=O)Nc2ccccc2S(N)(=O)=O)CCC1. The summed E-state index contributed by atoms with van der Waals surface area (Å²) in [7, 11) is -3.87. The number of nitrogens with one attached hydrogen (secondary N) is 1. The van der Waals surface area contributed by atoms with Gasteiger partial charge in [0.1, 0.15) is 4.90 Å². The van der Waals surface area contributed by atoms with Crippen LogP contribution in [0.25, 0.3) is 0 Å². The van der Waals surface area contributed by atoms with E-state index in [1.807, 2.05) is 0 Å². The van der Waals surface area contributed by atoms with E-state index in [-0.39, 0.29) is 16.5 Å². The topological polar surface area (TPSA) is 115 Å². The fourth-order valence-electron chi connectivity index (χ4n) is 1.85. The standard InChI is InChI=1S/C11H15N3O3S/c12-11(6-3-7-11)10(15)14-8-4-1-2-5-9(8)18(13,16)17/h1-2,4-5H,3,6-7,12H2,(H,14,15)(H2,13,16,17). The first-order valence-corrected chi connectivity index (χ1v) is 7.10. The van der Waals surface area contributed by atoms with Gasteiger partial charge in [-0.1, -0.05) is 12.1 Å². The fraction of sp³-hybridized carbons (Fsp3) is 0.364. The van der Waals surface area contributed by atoms with Gasteiger partial charge < -0.3 is 11.1 Å². The molecule has 6 nitrogen and oxygen atoms in total. The zero-order valence-electron chi connectivity index (χ0n) is 9.72. The number of benzene rings is 1. The Hall–Kier alpha value is -1.44. The zero-order chi connectivity index (χ0) is 13.4. The van der Waals surface area contributed by atoms with Crippen molar-refractivity contribution in [3.63, 3.8) is 0 Å². The predicted molar refractivity (Wildman–Crippen MR) is 67.2 cm³/mol. The van der Waals surface area contributed by atoms with Crippen molar-refractivity contribution in [2.45, 2.75) is 29.7 Å². The van der Waals surface area contributed by atoms with Crippen molar-refractivity contribution in [3.8, 4) is 0 Å². The van der Waals surface area contributed by atoms with Gasteiger partial charge in [-0.2, -0.15) is 0 Å². The van der Waals surface area contributed by atoms with Gasteiger partial charge in [0.2, 0.25) is 15.9 Å². The molecule has 0 aliphatic heterocycles. The minimum atomic E-state index is -3.87. The Balaban J connectivity index is 2.27. The van der Waals surface area contributed by atoms with Gasteiger partial charge in [-0.15, -0.1) is 0 Å². The second-order valence-electron chi connectivity index (χ2n) is 4.50. The molecule has 0 atom stereocenters. The lowest BCUT2D eigenvalue weighted by atomic mass is 9.77. The molecule has 0 spiro atoms. The molecule has 0 unspecified atom stereocenters. The molecule has 1 aromatic rings. The number of carbonyl (C=O) groups is 1. The largest absolute Gasteiger partial charge is 0.323 e. The molecule has 2 rings (SSSR count). The summed E-state index contributed by atoms with van der Waals surface area (Å²) in [6.07, 6.45) is 2.12. The lowest BCUT2D eigenvalue weighted by Crippen LogP contribution is -2.56. The van der Waals surface area contributed by atoms with E-state index in [2.05, 4.69) is 5.32 Å². The summed E-state index contributed by atoms with van der Waals surface area (Å²) in [4.78, 5) is 11.8. The molecule has 1 aliphatic carbocycles. The van der Waals surface area contributed by atoms with Crippen LogP contribution in [0.3, 0.4) is 0 Å². The predicted octanol–water partition coefficient (Wildman–Crippen LogP) is 0.154. The third-order valence-corrected chi connectivity index (χ3v) is 4.11. The second kappa shape index (κ2) is 4.34. The van der Waals surface area contributed by atoms with Crippen molar-refractivity contribution in [3.05, 3.63) is 24.3 Å². The van der Waals surface area contributed by atoms with Gasteiger partial charge in [-0.3, -0.25) is 4.79 Å². The average Bonchev–Trinajstić information content (AvgIpc) is 2.25. The van der Waals surface area contributed by atoms with Crippen LogP contribution < -0.4 is 16.2 Å². The third-order valence-electron chi connectivity index (χ3n) is 3.14. The van der Waals surface area contributed by atoms with Crippen LogP contribution in [0.1, 0.15) is 19.3 Å². The lowest BCUT2D eigenvalue weighted by molar-refractivity contribution is -0.123. The van der Waals surface area contributed by atoms with Crippen molar-refractivity contribution in [2.75, 3.05) is 5.32 Å². The highest BCUT2D eigenvalue weighted by Crippen LogP contribution is 2.31. The molecule has 1 aliphatic rings. The van der Waals surface area contributed by atoms with Crippen LogP contribution in [-0.4, -0.2) is 19.9 Å². The molecular formula is C11H15N3O3S. The maximum absolute atomic E-state index is 11.9. The van der Waals surface area contributed by atoms with Crippen LogP contribution in [0, 0.1) is 0 Å². The molecule has 7 heteroatoms. The van der Waals surface area contributed by atoms with Gasteiger partial charge in [0.05, 0.1) is 11.2 Å². The molecule has 0 aromatic heterocycles. The normalized spacial score (nSPS) is 17.9. The van der Waals surface area contributed by atoms with Gasteiger partial charge in [-0.25, -0.2) is 13.6 Å².